The van der Waals surface area contributed by atoms with Crippen LogP contribution in [0.15, 0.2) is 42.5 Å². The summed E-state index contributed by atoms with van der Waals surface area (Å²) in [5, 5.41) is 3.17. The number of nitrogens with one attached hydrogen (secondary N) is 1. The zero-order valence-electron chi connectivity index (χ0n) is 14.4. The molecule has 0 aliphatic carbocycles. The number of aromatic nitrogens is 1. The molecule has 3 rings (SSSR count). The Bertz CT molecular complexity index is 934. The Labute approximate surface area is 154 Å². The molecule has 134 valence electrons. The highest BCUT2D eigenvalue weighted by Crippen LogP contribution is 2.27. The summed E-state index contributed by atoms with van der Waals surface area (Å²) in [4.78, 5) is 28.0. The second-order valence-electron chi connectivity index (χ2n) is 5.53. The Morgan fingerprint density at radius 1 is 1.15 bits per heavy atom. The predicted octanol–water partition coefficient (Wildman–Crippen LogP) is 3.66. The first kappa shape index (κ1) is 17.9. The van der Waals surface area contributed by atoms with Gasteiger partial charge in [-0.1, -0.05) is 30.4 Å². The van der Waals surface area contributed by atoms with Crippen LogP contribution in [-0.2, 0) is 16.0 Å². The van der Waals surface area contributed by atoms with Crippen LogP contribution >= 0.6 is 11.3 Å². The topological polar surface area (TPSA) is 77.5 Å². The lowest BCUT2D eigenvalue weighted by Gasteiger charge is -2.06. The second-order valence-corrected chi connectivity index (χ2v) is 6.56. The van der Waals surface area contributed by atoms with E-state index in [1.54, 1.807) is 18.2 Å². The number of aryl methyl sites for hydroxylation is 1. The molecule has 2 aromatic carbocycles. The van der Waals surface area contributed by atoms with Gasteiger partial charge in [-0.25, -0.2) is 9.78 Å². The summed E-state index contributed by atoms with van der Waals surface area (Å²) in [6, 6.07) is 12.7. The SMILES string of the molecule is CCc1ccc(OCC(=O)Nc2nc3ccc(C(=O)OC)cc3s2)cc1. The third kappa shape index (κ3) is 4.18. The molecule has 0 fully saturated rings. The van der Waals surface area contributed by atoms with Gasteiger partial charge in [0.25, 0.3) is 5.91 Å². The quantitative estimate of drug-likeness (QED) is 0.670. The van der Waals surface area contributed by atoms with Crippen LogP contribution in [0.1, 0.15) is 22.8 Å². The van der Waals surface area contributed by atoms with Crippen LogP contribution in [0.2, 0.25) is 0 Å². The number of benzene rings is 2. The maximum atomic E-state index is 12.1. The largest absolute Gasteiger partial charge is 0.484 e. The molecule has 0 aliphatic rings. The smallest absolute Gasteiger partial charge is 0.337 e. The van der Waals surface area contributed by atoms with Gasteiger partial charge >= 0.3 is 5.97 Å². The average molecular weight is 370 g/mol. The molecule has 0 atom stereocenters. The summed E-state index contributed by atoms with van der Waals surface area (Å²) in [5.41, 5.74) is 2.36. The molecule has 0 saturated carbocycles. The van der Waals surface area contributed by atoms with E-state index in [1.807, 2.05) is 24.3 Å². The summed E-state index contributed by atoms with van der Waals surface area (Å²) in [7, 11) is 1.33. The first-order valence-corrected chi connectivity index (χ1v) is 8.91. The number of rotatable bonds is 6. The molecule has 1 amide bonds. The Morgan fingerprint density at radius 3 is 2.62 bits per heavy atom. The van der Waals surface area contributed by atoms with Crippen molar-refractivity contribution < 1.29 is 19.1 Å². The number of anilines is 1. The van der Waals surface area contributed by atoms with Gasteiger partial charge in [0, 0.05) is 0 Å². The number of carbonyl (C=O) groups is 2. The zero-order valence-corrected chi connectivity index (χ0v) is 15.3. The van der Waals surface area contributed by atoms with Crippen LogP contribution in [0.25, 0.3) is 10.2 Å². The highest BCUT2D eigenvalue weighted by Gasteiger charge is 2.11. The number of hydrogen-bond donors (Lipinski definition) is 1. The van der Waals surface area contributed by atoms with Crippen molar-refractivity contribution >= 4 is 38.6 Å². The van der Waals surface area contributed by atoms with E-state index in [9.17, 15) is 9.59 Å². The van der Waals surface area contributed by atoms with Crippen molar-refractivity contribution in [1.82, 2.24) is 4.98 Å². The molecule has 26 heavy (non-hydrogen) atoms. The number of carbonyl (C=O) groups excluding carboxylic acids is 2. The van der Waals surface area contributed by atoms with Crippen LogP contribution in [-0.4, -0.2) is 30.6 Å². The van der Waals surface area contributed by atoms with E-state index in [0.717, 1.165) is 11.1 Å². The third-order valence-electron chi connectivity index (χ3n) is 3.76. The predicted molar refractivity (Wildman–Crippen MR) is 101 cm³/mol. The standard InChI is InChI=1S/C19H18N2O4S/c1-3-12-4-7-14(8-5-12)25-11-17(22)21-19-20-15-9-6-13(18(23)24-2)10-16(15)26-19/h4-10H,3,11H2,1-2H3,(H,20,21,22). The van der Waals surface area contributed by atoms with E-state index in [2.05, 4.69) is 17.2 Å². The Kier molecular flexibility index (Phi) is 5.48. The molecule has 0 unspecified atom stereocenters. The lowest BCUT2D eigenvalue weighted by molar-refractivity contribution is -0.118. The number of esters is 1. The fourth-order valence-corrected chi connectivity index (χ4v) is 3.27. The molecular weight excluding hydrogens is 352 g/mol. The highest BCUT2D eigenvalue weighted by molar-refractivity contribution is 7.22. The summed E-state index contributed by atoms with van der Waals surface area (Å²) in [6.45, 7) is 1.98. The van der Waals surface area contributed by atoms with Crippen LogP contribution < -0.4 is 10.1 Å². The molecule has 0 bridgehead atoms. The Balaban J connectivity index is 1.62. The minimum atomic E-state index is -0.409. The van der Waals surface area contributed by atoms with Gasteiger partial charge in [0.05, 0.1) is 22.9 Å². The van der Waals surface area contributed by atoms with Gasteiger partial charge in [-0.15, -0.1) is 0 Å². The Hall–Kier alpha value is -2.93. The number of hydrogen-bond acceptors (Lipinski definition) is 6. The fourth-order valence-electron chi connectivity index (χ4n) is 2.35. The van der Waals surface area contributed by atoms with Crippen LogP contribution in [0.5, 0.6) is 5.75 Å². The van der Waals surface area contributed by atoms with Gasteiger partial charge in [-0.3, -0.25) is 10.1 Å². The van der Waals surface area contributed by atoms with Crippen molar-refractivity contribution in [3.05, 3.63) is 53.6 Å². The number of thiazole rings is 1. The van der Waals surface area contributed by atoms with Crippen molar-refractivity contribution in [2.45, 2.75) is 13.3 Å². The van der Waals surface area contributed by atoms with E-state index >= 15 is 0 Å². The molecule has 0 saturated heterocycles. The maximum Gasteiger partial charge on any atom is 0.337 e. The van der Waals surface area contributed by atoms with Crippen LogP contribution in [0.4, 0.5) is 5.13 Å². The fraction of sp³-hybridized carbons (Fsp3) is 0.211. The van der Waals surface area contributed by atoms with Crippen molar-refractivity contribution in [2.24, 2.45) is 0 Å². The molecule has 1 N–H and O–H groups in total. The van der Waals surface area contributed by atoms with Gasteiger partial charge in [-0.05, 0) is 42.3 Å². The first-order valence-electron chi connectivity index (χ1n) is 8.09. The summed E-state index contributed by atoms with van der Waals surface area (Å²) in [6.07, 6.45) is 0.954. The van der Waals surface area contributed by atoms with Gasteiger partial charge in [-0.2, -0.15) is 0 Å². The number of fused-ring (bicyclic) bond motifs is 1. The van der Waals surface area contributed by atoms with Crippen LogP contribution in [0, 0.1) is 0 Å². The lowest BCUT2D eigenvalue weighted by Crippen LogP contribution is -2.19. The maximum absolute atomic E-state index is 12.1. The molecule has 0 aliphatic heterocycles. The van der Waals surface area contributed by atoms with E-state index in [0.29, 0.717) is 22.0 Å². The summed E-state index contributed by atoms with van der Waals surface area (Å²) in [5.74, 6) is -0.0606. The van der Waals surface area contributed by atoms with Gasteiger partial charge in [0.2, 0.25) is 0 Å². The second kappa shape index (κ2) is 7.97. The van der Waals surface area contributed by atoms with E-state index in [1.165, 1.54) is 24.0 Å². The minimum absolute atomic E-state index is 0.102. The zero-order chi connectivity index (χ0) is 18.5. The van der Waals surface area contributed by atoms with Crippen molar-refractivity contribution in [3.63, 3.8) is 0 Å². The molecule has 1 aromatic heterocycles. The molecule has 0 radical (unpaired) electrons. The first-order chi connectivity index (χ1) is 12.6. The summed E-state index contributed by atoms with van der Waals surface area (Å²) >= 11 is 1.29. The number of amides is 1. The average Bonchev–Trinajstić information content (AvgIpc) is 3.07. The number of methoxy groups -OCH3 is 1. The molecule has 7 heteroatoms. The van der Waals surface area contributed by atoms with Gasteiger partial charge in [0.1, 0.15) is 5.75 Å². The molecule has 6 nitrogen and oxygen atoms in total. The van der Waals surface area contributed by atoms with Crippen molar-refractivity contribution in [3.8, 4) is 5.75 Å². The summed E-state index contributed by atoms with van der Waals surface area (Å²) < 4.78 is 11.0. The molecule has 0 spiro atoms. The number of ether oxygens (including phenoxy) is 2. The molecule has 3 aromatic rings. The van der Waals surface area contributed by atoms with Crippen LogP contribution in [0.3, 0.4) is 0 Å². The monoisotopic (exact) mass is 370 g/mol. The third-order valence-corrected chi connectivity index (χ3v) is 4.69. The van der Waals surface area contributed by atoms with Crippen molar-refractivity contribution in [2.75, 3.05) is 19.0 Å². The lowest BCUT2D eigenvalue weighted by atomic mass is 10.2. The molecular formula is C19H18N2O4S. The van der Waals surface area contributed by atoms with E-state index in [4.69, 9.17) is 9.47 Å². The molecule has 1 heterocycles. The van der Waals surface area contributed by atoms with Gasteiger partial charge in [0.15, 0.2) is 11.7 Å². The number of nitrogens with zero attached hydrogens (tertiary/aromatic N) is 1. The van der Waals surface area contributed by atoms with Gasteiger partial charge < -0.3 is 9.47 Å². The normalized spacial score (nSPS) is 10.5. The Morgan fingerprint density at radius 2 is 1.92 bits per heavy atom. The highest BCUT2D eigenvalue weighted by atomic mass is 32.1. The van der Waals surface area contributed by atoms with E-state index < -0.39 is 5.97 Å². The minimum Gasteiger partial charge on any atom is -0.484 e. The van der Waals surface area contributed by atoms with E-state index in [-0.39, 0.29) is 12.5 Å². The van der Waals surface area contributed by atoms with Crippen molar-refractivity contribution in [1.29, 1.82) is 0 Å².